The summed E-state index contributed by atoms with van der Waals surface area (Å²) in [5.41, 5.74) is 3.68. The van der Waals surface area contributed by atoms with E-state index in [1.807, 2.05) is 0 Å². The van der Waals surface area contributed by atoms with Crippen molar-refractivity contribution in [2.45, 2.75) is 38.8 Å². The van der Waals surface area contributed by atoms with Crippen LogP contribution in [0.4, 0.5) is 0 Å². The Bertz CT molecular complexity index is 366. The fourth-order valence-corrected chi connectivity index (χ4v) is 2.71. The summed E-state index contributed by atoms with van der Waals surface area (Å²) in [6.07, 6.45) is 2.58. The molecule has 1 aliphatic rings. The summed E-state index contributed by atoms with van der Waals surface area (Å²) in [5.74, 6) is 0. The molecule has 2 N–H and O–H groups in total. The zero-order valence-corrected chi connectivity index (χ0v) is 11.3. The minimum absolute atomic E-state index is 0.00963. The van der Waals surface area contributed by atoms with Gasteiger partial charge >= 0.3 is 0 Å². The fourth-order valence-electron chi connectivity index (χ4n) is 2.71. The smallest absolute Gasteiger partial charge is 0.0700 e. The van der Waals surface area contributed by atoms with Crippen molar-refractivity contribution in [3.63, 3.8) is 0 Å². The van der Waals surface area contributed by atoms with E-state index in [4.69, 9.17) is 4.74 Å². The first-order valence-electron chi connectivity index (χ1n) is 6.74. The van der Waals surface area contributed by atoms with Gasteiger partial charge in [0.25, 0.3) is 0 Å². The number of aliphatic hydroxyl groups excluding tert-OH is 1. The van der Waals surface area contributed by atoms with E-state index < -0.39 is 0 Å². The van der Waals surface area contributed by atoms with Crippen molar-refractivity contribution >= 4 is 0 Å². The maximum absolute atomic E-state index is 9.60. The summed E-state index contributed by atoms with van der Waals surface area (Å²) >= 11 is 0. The van der Waals surface area contributed by atoms with E-state index in [0.717, 1.165) is 26.0 Å². The summed E-state index contributed by atoms with van der Waals surface area (Å²) in [6.45, 7) is 6.01. The molecule has 0 amide bonds. The Morgan fingerprint density at radius 2 is 2.11 bits per heavy atom. The van der Waals surface area contributed by atoms with Crippen LogP contribution in [0.25, 0.3) is 0 Å². The normalized spacial score (nSPS) is 21.2. The molecule has 1 aromatic carbocycles. The molecular weight excluding hydrogens is 226 g/mol. The molecule has 100 valence electrons. The molecule has 2 unspecified atom stereocenters. The van der Waals surface area contributed by atoms with E-state index in [1.165, 1.54) is 16.7 Å². The van der Waals surface area contributed by atoms with Gasteiger partial charge in [0, 0.05) is 13.2 Å². The van der Waals surface area contributed by atoms with Gasteiger partial charge < -0.3 is 15.2 Å². The van der Waals surface area contributed by atoms with Crippen molar-refractivity contribution < 1.29 is 9.84 Å². The topological polar surface area (TPSA) is 41.5 Å². The minimum atomic E-state index is 0.00963. The van der Waals surface area contributed by atoms with Crippen molar-refractivity contribution in [1.29, 1.82) is 0 Å². The summed E-state index contributed by atoms with van der Waals surface area (Å²) in [4.78, 5) is 0. The summed E-state index contributed by atoms with van der Waals surface area (Å²) in [6, 6.07) is 6.26. The zero-order valence-electron chi connectivity index (χ0n) is 11.3. The van der Waals surface area contributed by atoms with E-state index in [1.54, 1.807) is 0 Å². The second-order valence-corrected chi connectivity index (χ2v) is 5.08. The van der Waals surface area contributed by atoms with Crippen LogP contribution in [0.5, 0.6) is 0 Å². The van der Waals surface area contributed by atoms with Crippen LogP contribution in [0.2, 0.25) is 0 Å². The van der Waals surface area contributed by atoms with Crippen molar-refractivity contribution in [1.82, 2.24) is 5.32 Å². The fraction of sp³-hybridized carbons (Fsp3) is 0.600. The second kappa shape index (κ2) is 6.32. The lowest BCUT2D eigenvalue weighted by molar-refractivity contribution is 0.104. The van der Waals surface area contributed by atoms with Gasteiger partial charge in [0.2, 0.25) is 0 Å². The Balaban J connectivity index is 2.03. The maximum Gasteiger partial charge on any atom is 0.0700 e. The Morgan fingerprint density at radius 1 is 1.39 bits per heavy atom. The number of hydrogen-bond donors (Lipinski definition) is 2. The lowest BCUT2D eigenvalue weighted by atomic mass is 9.96. The van der Waals surface area contributed by atoms with Crippen molar-refractivity contribution in [3.8, 4) is 0 Å². The minimum Gasteiger partial charge on any atom is -0.394 e. The average molecular weight is 249 g/mol. The first kappa shape index (κ1) is 13.5. The van der Waals surface area contributed by atoms with Gasteiger partial charge in [0.15, 0.2) is 0 Å². The molecule has 0 aromatic heterocycles. The van der Waals surface area contributed by atoms with E-state index in [2.05, 4.69) is 37.4 Å². The van der Waals surface area contributed by atoms with Gasteiger partial charge in [-0.25, -0.2) is 0 Å². The van der Waals surface area contributed by atoms with Gasteiger partial charge in [-0.05, 0) is 43.4 Å². The number of nitrogens with one attached hydrogen (secondary N) is 1. The van der Waals surface area contributed by atoms with Gasteiger partial charge in [-0.2, -0.15) is 0 Å². The zero-order chi connectivity index (χ0) is 13.0. The average Bonchev–Trinajstić information content (AvgIpc) is 2.86. The van der Waals surface area contributed by atoms with Crippen LogP contribution >= 0.6 is 0 Å². The van der Waals surface area contributed by atoms with E-state index in [9.17, 15) is 5.11 Å². The van der Waals surface area contributed by atoms with Crippen LogP contribution in [-0.2, 0) is 4.74 Å². The molecule has 0 aliphatic carbocycles. The molecule has 0 spiro atoms. The molecule has 1 saturated heterocycles. The molecule has 3 nitrogen and oxygen atoms in total. The quantitative estimate of drug-likeness (QED) is 0.839. The third kappa shape index (κ3) is 3.10. The van der Waals surface area contributed by atoms with Gasteiger partial charge in [-0.3, -0.25) is 0 Å². The van der Waals surface area contributed by atoms with E-state index in [-0.39, 0.29) is 12.6 Å². The molecule has 1 fully saturated rings. The Labute approximate surface area is 109 Å². The van der Waals surface area contributed by atoms with Crippen LogP contribution in [0.1, 0.15) is 35.6 Å². The number of ether oxygens (including phenoxy) is 1. The highest BCUT2D eigenvalue weighted by molar-refractivity contribution is 5.36. The van der Waals surface area contributed by atoms with Gasteiger partial charge in [-0.1, -0.05) is 18.2 Å². The monoisotopic (exact) mass is 249 g/mol. The highest BCUT2D eigenvalue weighted by atomic mass is 16.5. The predicted octanol–water partition coefficient (Wildman–Crippen LogP) is 2.11. The van der Waals surface area contributed by atoms with Crippen molar-refractivity contribution in [3.05, 3.63) is 34.9 Å². The Hall–Kier alpha value is -0.900. The summed E-state index contributed by atoms with van der Waals surface area (Å²) < 4.78 is 5.60. The maximum atomic E-state index is 9.60. The molecule has 1 aromatic rings. The number of aryl methyl sites for hydroxylation is 2. The Morgan fingerprint density at radius 3 is 2.67 bits per heavy atom. The highest BCUT2D eigenvalue weighted by Crippen LogP contribution is 2.22. The SMILES string of the molecule is Cc1cccc(C)c1C(CO)NCC1CCCO1. The summed E-state index contributed by atoms with van der Waals surface area (Å²) in [7, 11) is 0. The molecule has 3 heteroatoms. The number of benzene rings is 1. The molecule has 18 heavy (non-hydrogen) atoms. The second-order valence-electron chi connectivity index (χ2n) is 5.08. The molecule has 0 radical (unpaired) electrons. The molecular formula is C15H23NO2. The molecule has 0 bridgehead atoms. The van der Waals surface area contributed by atoms with E-state index >= 15 is 0 Å². The third-order valence-corrected chi connectivity index (χ3v) is 3.69. The largest absolute Gasteiger partial charge is 0.394 e. The standard InChI is InChI=1S/C15H23NO2/c1-11-5-3-6-12(2)15(11)14(10-17)16-9-13-7-4-8-18-13/h3,5-6,13-14,16-17H,4,7-10H2,1-2H3. The third-order valence-electron chi connectivity index (χ3n) is 3.69. The van der Waals surface area contributed by atoms with Gasteiger partial charge in [0.1, 0.15) is 0 Å². The first-order valence-corrected chi connectivity index (χ1v) is 6.74. The highest BCUT2D eigenvalue weighted by Gasteiger charge is 2.19. The van der Waals surface area contributed by atoms with Gasteiger partial charge in [-0.15, -0.1) is 0 Å². The van der Waals surface area contributed by atoms with E-state index in [0.29, 0.717) is 6.10 Å². The first-order chi connectivity index (χ1) is 8.72. The lowest BCUT2D eigenvalue weighted by Crippen LogP contribution is -2.32. The molecule has 1 aliphatic heterocycles. The van der Waals surface area contributed by atoms with Crippen LogP contribution < -0.4 is 5.32 Å². The van der Waals surface area contributed by atoms with Crippen molar-refractivity contribution in [2.75, 3.05) is 19.8 Å². The predicted molar refractivity (Wildman–Crippen MR) is 72.7 cm³/mol. The molecule has 1 heterocycles. The number of aliphatic hydroxyl groups is 1. The molecule has 2 atom stereocenters. The number of rotatable bonds is 5. The van der Waals surface area contributed by atoms with Crippen LogP contribution in [0.15, 0.2) is 18.2 Å². The van der Waals surface area contributed by atoms with Crippen LogP contribution in [0.3, 0.4) is 0 Å². The van der Waals surface area contributed by atoms with Crippen LogP contribution in [-0.4, -0.2) is 31.0 Å². The molecule has 0 saturated carbocycles. The van der Waals surface area contributed by atoms with Crippen LogP contribution in [0, 0.1) is 13.8 Å². The van der Waals surface area contributed by atoms with Gasteiger partial charge in [0.05, 0.1) is 18.8 Å². The van der Waals surface area contributed by atoms with Crippen molar-refractivity contribution in [2.24, 2.45) is 0 Å². The summed E-state index contributed by atoms with van der Waals surface area (Å²) in [5, 5.41) is 13.0. The molecule has 2 rings (SSSR count). The lowest BCUT2D eigenvalue weighted by Gasteiger charge is -2.22. The Kier molecular flexibility index (Phi) is 4.75. The number of hydrogen-bond acceptors (Lipinski definition) is 3.